The third-order valence-electron chi connectivity index (χ3n) is 7.08. The van der Waals surface area contributed by atoms with Gasteiger partial charge in [0.1, 0.15) is 0 Å². The fourth-order valence-corrected chi connectivity index (χ4v) is 5.23. The lowest BCUT2D eigenvalue weighted by Crippen LogP contribution is -2.38. The summed E-state index contributed by atoms with van der Waals surface area (Å²) < 4.78 is 3.68. The molecule has 4 aromatic rings. The van der Waals surface area contributed by atoms with E-state index in [-0.39, 0.29) is 11.8 Å². The highest BCUT2D eigenvalue weighted by molar-refractivity contribution is 5.98. The summed E-state index contributed by atoms with van der Waals surface area (Å²) in [7, 11) is 0. The molecular weight excluding hydrogens is 452 g/mol. The number of aromatic nitrogens is 4. The van der Waals surface area contributed by atoms with E-state index in [1.54, 1.807) is 10.9 Å². The molecule has 2 aromatic heterocycles. The first kappa shape index (κ1) is 22.3. The van der Waals surface area contributed by atoms with Gasteiger partial charge in [0, 0.05) is 49.7 Å². The van der Waals surface area contributed by atoms with Crippen LogP contribution in [0.2, 0.25) is 0 Å². The predicted molar refractivity (Wildman–Crippen MR) is 135 cm³/mol. The lowest BCUT2D eigenvalue weighted by molar-refractivity contribution is 0.0722. The van der Waals surface area contributed by atoms with Gasteiger partial charge in [0.2, 0.25) is 0 Å². The Morgan fingerprint density at radius 3 is 2.39 bits per heavy atom. The highest BCUT2D eigenvalue weighted by atomic mass is 16.2. The Morgan fingerprint density at radius 2 is 1.61 bits per heavy atom. The molecule has 182 valence electrons. The van der Waals surface area contributed by atoms with Gasteiger partial charge < -0.3 is 9.80 Å². The molecule has 8 heteroatoms. The Hall–Kier alpha value is -4.20. The molecule has 2 amide bonds. The number of rotatable bonds is 5. The molecule has 6 rings (SSSR count). The van der Waals surface area contributed by atoms with E-state index >= 15 is 0 Å². The summed E-state index contributed by atoms with van der Waals surface area (Å²) in [4.78, 5) is 30.9. The van der Waals surface area contributed by atoms with Crippen molar-refractivity contribution >= 4 is 11.8 Å². The van der Waals surface area contributed by atoms with Crippen LogP contribution in [0.15, 0.2) is 73.1 Å². The molecule has 2 aliphatic rings. The number of para-hydroxylation sites is 1. The van der Waals surface area contributed by atoms with E-state index in [0.717, 1.165) is 48.4 Å². The molecular formula is C28H28N6O2. The van der Waals surface area contributed by atoms with Gasteiger partial charge in [-0.3, -0.25) is 14.3 Å². The minimum absolute atomic E-state index is 0.0261. The van der Waals surface area contributed by atoms with Crippen LogP contribution < -0.4 is 0 Å². The van der Waals surface area contributed by atoms with Crippen LogP contribution >= 0.6 is 0 Å². The van der Waals surface area contributed by atoms with Crippen molar-refractivity contribution in [1.29, 1.82) is 0 Å². The van der Waals surface area contributed by atoms with E-state index in [4.69, 9.17) is 5.10 Å². The number of amides is 2. The number of carbonyl (C=O) groups excluding carboxylic acids is 2. The van der Waals surface area contributed by atoms with Gasteiger partial charge in [-0.25, -0.2) is 4.68 Å². The Kier molecular flexibility index (Phi) is 5.85. The van der Waals surface area contributed by atoms with Gasteiger partial charge in [0.05, 0.1) is 24.3 Å². The Balaban J connectivity index is 1.34. The molecule has 0 aliphatic carbocycles. The maximum absolute atomic E-state index is 13.7. The largest absolute Gasteiger partial charge is 0.337 e. The number of hydrogen-bond donors (Lipinski definition) is 0. The summed E-state index contributed by atoms with van der Waals surface area (Å²) in [6, 6.07) is 19.5. The third kappa shape index (κ3) is 4.08. The zero-order chi connectivity index (χ0) is 24.5. The molecule has 4 heterocycles. The summed E-state index contributed by atoms with van der Waals surface area (Å²) in [6.07, 6.45) is 6.23. The van der Waals surface area contributed by atoms with Crippen LogP contribution in [0.25, 0.3) is 5.69 Å². The van der Waals surface area contributed by atoms with Gasteiger partial charge in [0.15, 0.2) is 5.69 Å². The van der Waals surface area contributed by atoms with Crippen molar-refractivity contribution in [2.45, 2.75) is 32.4 Å². The molecule has 0 atom stereocenters. The summed E-state index contributed by atoms with van der Waals surface area (Å²) in [5, 5.41) is 9.15. The van der Waals surface area contributed by atoms with Gasteiger partial charge in [-0.15, -0.1) is 0 Å². The number of nitrogens with zero attached hydrogens (tertiary/aromatic N) is 6. The van der Waals surface area contributed by atoms with E-state index in [1.807, 2.05) is 69.2 Å². The highest BCUT2D eigenvalue weighted by Gasteiger charge is 2.33. The highest BCUT2D eigenvalue weighted by Crippen LogP contribution is 2.28. The quantitative estimate of drug-likeness (QED) is 0.438. The molecule has 2 aliphatic heterocycles. The standard InChI is InChI=1S/C28H28N6O2/c35-27(22-11-4-5-12-24(22)33-17-8-14-29-33)32-18-13-25-23(20-32)26(28(36)31-15-6-7-16-31)30-34(25)19-21-9-2-1-3-10-21/h1-5,8-12,14,17H,6-7,13,15-16,18-20H2. The second kappa shape index (κ2) is 9.45. The van der Waals surface area contributed by atoms with Gasteiger partial charge in [-0.1, -0.05) is 42.5 Å². The lowest BCUT2D eigenvalue weighted by Gasteiger charge is -2.29. The van der Waals surface area contributed by atoms with Crippen molar-refractivity contribution in [3.8, 4) is 5.69 Å². The average molecular weight is 481 g/mol. The first-order valence-corrected chi connectivity index (χ1v) is 12.5. The lowest BCUT2D eigenvalue weighted by atomic mass is 10.0. The molecule has 0 bridgehead atoms. The van der Waals surface area contributed by atoms with Crippen molar-refractivity contribution in [3.63, 3.8) is 0 Å². The van der Waals surface area contributed by atoms with E-state index in [0.29, 0.717) is 37.3 Å². The molecule has 0 N–H and O–H groups in total. The number of fused-ring (bicyclic) bond motifs is 1. The van der Waals surface area contributed by atoms with Crippen LogP contribution in [0.4, 0.5) is 0 Å². The minimum Gasteiger partial charge on any atom is -0.337 e. The maximum Gasteiger partial charge on any atom is 0.274 e. The van der Waals surface area contributed by atoms with Crippen molar-refractivity contribution in [3.05, 3.63) is 101 Å². The van der Waals surface area contributed by atoms with Crippen molar-refractivity contribution in [1.82, 2.24) is 29.4 Å². The number of carbonyl (C=O) groups is 2. The smallest absolute Gasteiger partial charge is 0.274 e. The average Bonchev–Trinajstić information content (AvgIpc) is 3.70. The molecule has 1 saturated heterocycles. The number of benzene rings is 2. The Bertz CT molecular complexity index is 1390. The molecule has 0 spiro atoms. The van der Waals surface area contributed by atoms with Gasteiger partial charge in [0.25, 0.3) is 11.8 Å². The van der Waals surface area contributed by atoms with Crippen molar-refractivity contribution < 1.29 is 9.59 Å². The van der Waals surface area contributed by atoms with E-state index in [2.05, 4.69) is 17.2 Å². The third-order valence-corrected chi connectivity index (χ3v) is 7.08. The molecule has 0 saturated carbocycles. The van der Waals surface area contributed by atoms with Gasteiger partial charge in [-0.2, -0.15) is 10.2 Å². The second-order valence-electron chi connectivity index (χ2n) is 9.36. The fraction of sp³-hybridized carbons (Fsp3) is 0.286. The van der Waals surface area contributed by atoms with Crippen LogP contribution in [0.1, 0.15) is 50.5 Å². The number of likely N-dealkylation sites (tertiary alicyclic amines) is 1. The maximum atomic E-state index is 13.7. The molecule has 8 nitrogen and oxygen atoms in total. The molecule has 0 unspecified atom stereocenters. The topological polar surface area (TPSA) is 76.3 Å². The predicted octanol–water partition coefficient (Wildman–Crippen LogP) is 3.55. The minimum atomic E-state index is -0.0675. The summed E-state index contributed by atoms with van der Waals surface area (Å²) >= 11 is 0. The van der Waals surface area contributed by atoms with Crippen LogP contribution in [-0.2, 0) is 19.5 Å². The zero-order valence-corrected chi connectivity index (χ0v) is 20.1. The van der Waals surface area contributed by atoms with Crippen molar-refractivity contribution in [2.24, 2.45) is 0 Å². The molecule has 0 radical (unpaired) electrons. The molecule has 2 aromatic carbocycles. The Labute approximate surface area is 209 Å². The first-order valence-electron chi connectivity index (χ1n) is 12.5. The summed E-state index contributed by atoms with van der Waals surface area (Å²) in [5.41, 5.74) is 4.88. The van der Waals surface area contributed by atoms with E-state index < -0.39 is 0 Å². The fourth-order valence-electron chi connectivity index (χ4n) is 5.23. The van der Waals surface area contributed by atoms with Crippen molar-refractivity contribution in [2.75, 3.05) is 19.6 Å². The van der Waals surface area contributed by atoms with Crippen LogP contribution in [-0.4, -0.2) is 60.8 Å². The summed E-state index contributed by atoms with van der Waals surface area (Å²) in [5.74, 6) is -0.0936. The van der Waals surface area contributed by atoms with Gasteiger partial charge >= 0.3 is 0 Å². The van der Waals surface area contributed by atoms with E-state index in [1.165, 1.54) is 0 Å². The SMILES string of the molecule is O=C(c1ccccc1-n1cccn1)N1CCc2c(c(C(=O)N3CCCC3)nn2Cc2ccccc2)C1. The summed E-state index contributed by atoms with van der Waals surface area (Å²) in [6.45, 7) is 3.06. The first-order chi connectivity index (χ1) is 17.7. The molecule has 1 fully saturated rings. The van der Waals surface area contributed by atoms with E-state index in [9.17, 15) is 9.59 Å². The second-order valence-corrected chi connectivity index (χ2v) is 9.36. The molecule has 36 heavy (non-hydrogen) atoms. The normalized spacial score (nSPS) is 15.2. The zero-order valence-electron chi connectivity index (χ0n) is 20.1. The Morgan fingerprint density at radius 1 is 0.833 bits per heavy atom. The monoisotopic (exact) mass is 480 g/mol. The van der Waals surface area contributed by atoms with Crippen LogP contribution in [0.3, 0.4) is 0 Å². The van der Waals surface area contributed by atoms with Crippen LogP contribution in [0, 0.1) is 0 Å². The van der Waals surface area contributed by atoms with Crippen LogP contribution in [0.5, 0.6) is 0 Å². The number of hydrogen-bond acceptors (Lipinski definition) is 4. The van der Waals surface area contributed by atoms with Gasteiger partial charge in [-0.05, 0) is 36.6 Å².